The number of hydrogen-bond acceptors (Lipinski definition) is 4. The van der Waals surface area contributed by atoms with Crippen molar-refractivity contribution < 1.29 is 19.4 Å². The molecule has 4 heteroatoms. The van der Waals surface area contributed by atoms with Crippen LogP contribution in [0.15, 0.2) is 0 Å². The van der Waals surface area contributed by atoms with Crippen LogP contribution in [-0.4, -0.2) is 35.5 Å². The Bertz CT molecular complexity index is 547. The second-order valence-corrected chi connectivity index (χ2v) is 8.97. The first-order valence-corrected chi connectivity index (χ1v) is 8.95. The van der Waals surface area contributed by atoms with Gasteiger partial charge in [-0.15, -0.1) is 0 Å². The van der Waals surface area contributed by atoms with Gasteiger partial charge in [0, 0.05) is 5.41 Å². The van der Waals surface area contributed by atoms with Crippen molar-refractivity contribution in [2.45, 2.75) is 70.2 Å². The Labute approximate surface area is 131 Å². The highest BCUT2D eigenvalue weighted by molar-refractivity contribution is 5.81. The second kappa shape index (κ2) is 3.89. The largest absolute Gasteiger partial charge is 0.463 e. The Morgan fingerprint density at radius 1 is 1.09 bits per heavy atom. The highest BCUT2D eigenvalue weighted by Gasteiger charge is 2.78. The molecular weight excluding hydrogens is 280 g/mol. The summed E-state index contributed by atoms with van der Waals surface area (Å²) in [6.45, 7) is 5.12. The van der Waals surface area contributed by atoms with Crippen LogP contribution in [0.2, 0.25) is 0 Å². The van der Waals surface area contributed by atoms with E-state index in [4.69, 9.17) is 9.47 Å². The fraction of sp³-hybridized carbons (Fsp3) is 0.944. The number of carbonyl (C=O) groups excluding carboxylic acids is 1. The van der Waals surface area contributed by atoms with Gasteiger partial charge in [-0.3, -0.25) is 0 Å². The first-order valence-electron chi connectivity index (χ1n) is 8.95. The lowest BCUT2D eigenvalue weighted by Crippen LogP contribution is -2.60. The molecule has 122 valence electrons. The molecule has 2 aliphatic heterocycles. The van der Waals surface area contributed by atoms with E-state index in [0.717, 1.165) is 38.5 Å². The summed E-state index contributed by atoms with van der Waals surface area (Å²) < 4.78 is 11.5. The smallest absolute Gasteiger partial charge is 0.338 e. The van der Waals surface area contributed by atoms with Crippen LogP contribution < -0.4 is 0 Å². The van der Waals surface area contributed by atoms with Crippen molar-refractivity contribution in [3.8, 4) is 0 Å². The van der Waals surface area contributed by atoms with Gasteiger partial charge in [-0.05, 0) is 61.7 Å². The van der Waals surface area contributed by atoms with Crippen LogP contribution in [-0.2, 0) is 14.3 Å². The maximum absolute atomic E-state index is 11.9. The predicted octanol–water partition coefficient (Wildman–Crippen LogP) is 2.28. The second-order valence-electron chi connectivity index (χ2n) is 8.97. The van der Waals surface area contributed by atoms with E-state index >= 15 is 0 Å². The summed E-state index contributed by atoms with van der Waals surface area (Å²) in [4.78, 5) is 11.9. The zero-order chi connectivity index (χ0) is 15.3. The minimum atomic E-state index is -0.297. The average molecular weight is 306 g/mol. The molecule has 0 aromatic rings. The molecule has 3 saturated carbocycles. The molecule has 1 spiro atoms. The van der Waals surface area contributed by atoms with Crippen molar-refractivity contribution in [3.63, 3.8) is 0 Å². The average Bonchev–Trinajstić information content (AvgIpc) is 3.17. The maximum atomic E-state index is 11.9. The van der Waals surface area contributed by atoms with Crippen LogP contribution in [0, 0.1) is 28.6 Å². The van der Waals surface area contributed by atoms with E-state index in [0.29, 0.717) is 24.4 Å². The molecule has 0 amide bonds. The lowest BCUT2D eigenvalue weighted by atomic mass is 9.47. The maximum Gasteiger partial charge on any atom is 0.338 e. The molecule has 0 aromatic heterocycles. The molecule has 5 aliphatic rings. The summed E-state index contributed by atoms with van der Waals surface area (Å²) in [6.07, 6.45) is 6.08. The fourth-order valence-electron chi connectivity index (χ4n) is 7.00. The molecule has 5 rings (SSSR count). The van der Waals surface area contributed by atoms with Gasteiger partial charge in [-0.2, -0.15) is 0 Å². The van der Waals surface area contributed by atoms with Crippen molar-refractivity contribution in [3.05, 3.63) is 0 Å². The number of cyclic esters (lactones) is 1. The molecule has 0 aromatic carbocycles. The number of esters is 1. The van der Waals surface area contributed by atoms with Crippen molar-refractivity contribution in [2.24, 2.45) is 28.6 Å². The molecule has 4 nitrogen and oxygen atoms in total. The summed E-state index contributed by atoms with van der Waals surface area (Å²) in [5, 5.41) is 10.5. The molecule has 5 fully saturated rings. The molecule has 1 N–H and O–H groups in total. The van der Waals surface area contributed by atoms with Gasteiger partial charge < -0.3 is 14.6 Å². The van der Waals surface area contributed by atoms with E-state index in [1.54, 1.807) is 0 Å². The van der Waals surface area contributed by atoms with Crippen molar-refractivity contribution in [2.75, 3.05) is 6.61 Å². The third-order valence-electron chi connectivity index (χ3n) is 8.44. The SMILES string of the molecule is C[C@]12CC[C@H]3[C@@H](CC[C@]45O[C@H]4C(=O)OC[C@]35C)[C@@H]1CC[C@@H]2O. The zero-order valence-electron chi connectivity index (χ0n) is 13.5. The molecule has 3 aliphatic carbocycles. The van der Waals surface area contributed by atoms with Gasteiger partial charge in [0.2, 0.25) is 0 Å². The molecule has 22 heavy (non-hydrogen) atoms. The van der Waals surface area contributed by atoms with Crippen LogP contribution in [0.3, 0.4) is 0 Å². The number of aliphatic hydroxyl groups excluding tert-OH is 1. The third kappa shape index (κ3) is 1.32. The number of ether oxygens (including phenoxy) is 2. The van der Waals surface area contributed by atoms with Gasteiger partial charge in [-0.25, -0.2) is 4.79 Å². The highest BCUT2D eigenvalue weighted by atomic mass is 16.7. The minimum Gasteiger partial charge on any atom is -0.463 e. The van der Waals surface area contributed by atoms with Crippen molar-refractivity contribution in [1.29, 1.82) is 0 Å². The topological polar surface area (TPSA) is 59.1 Å². The molecule has 2 heterocycles. The van der Waals surface area contributed by atoms with Gasteiger partial charge >= 0.3 is 5.97 Å². The number of hydrogen-bond donors (Lipinski definition) is 1. The lowest BCUT2D eigenvalue weighted by molar-refractivity contribution is -0.171. The van der Waals surface area contributed by atoms with Crippen molar-refractivity contribution >= 4 is 5.97 Å². The quantitative estimate of drug-likeness (QED) is 0.551. The molecular formula is C18H26O4. The van der Waals surface area contributed by atoms with Crippen LogP contribution in [0.5, 0.6) is 0 Å². The van der Waals surface area contributed by atoms with Crippen LogP contribution in [0.1, 0.15) is 52.4 Å². The van der Waals surface area contributed by atoms with E-state index in [-0.39, 0.29) is 34.6 Å². The normalized spacial score (nSPS) is 62.3. The van der Waals surface area contributed by atoms with Crippen LogP contribution in [0.25, 0.3) is 0 Å². The van der Waals surface area contributed by atoms with Crippen molar-refractivity contribution in [1.82, 2.24) is 0 Å². The van der Waals surface area contributed by atoms with E-state index in [1.165, 1.54) is 0 Å². The summed E-state index contributed by atoms with van der Waals surface area (Å²) in [6, 6.07) is 0. The van der Waals surface area contributed by atoms with E-state index in [2.05, 4.69) is 13.8 Å². The number of aliphatic hydroxyl groups is 1. The monoisotopic (exact) mass is 306 g/mol. The molecule has 0 unspecified atom stereocenters. The summed E-state index contributed by atoms with van der Waals surface area (Å²) in [5.74, 6) is 1.72. The van der Waals surface area contributed by atoms with Gasteiger partial charge in [0.25, 0.3) is 0 Å². The van der Waals surface area contributed by atoms with Gasteiger partial charge in [0.15, 0.2) is 6.10 Å². The number of carbonyl (C=O) groups is 1. The molecule has 8 atom stereocenters. The molecule has 0 bridgehead atoms. The Kier molecular flexibility index (Phi) is 2.44. The number of rotatable bonds is 0. The Morgan fingerprint density at radius 2 is 1.91 bits per heavy atom. The first kappa shape index (κ1) is 13.8. The van der Waals surface area contributed by atoms with Crippen LogP contribution in [0.4, 0.5) is 0 Å². The lowest BCUT2D eigenvalue weighted by Gasteiger charge is -2.58. The number of epoxide rings is 1. The Morgan fingerprint density at radius 3 is 2.73 bits per heavy atom. The Balaban J connectivity index is 1.51. The van der Waals surface area contributed by atoms with Crippen LogP contribution >= 0.6 is 0 Å². The minimum absolute atomic E-state index is 0.0244. The highest BCUT2D eigenvalue weighted by Crippen LogP contribution is 2.70. The Hall–Kier alpha value is -0.610. The standard InChI is InChI=1S/C18H26O4/c1-16-7-6-12-10(11(16)3-4-13(16)19)5-8-18-14(22-18)15(20)21-9-17(12,18)2/h10-14,19H,3-9H2,1-2H3/t10-,11-,12-,13-,14-,16-,17+,18-/m0/s1. The molecule has 2 saturated heterocycles. The third-order valence-corrected chi connectivity index (χ3v) is 8.44. The van der Waals surface area contributed by atoms with Gasteiger partial charge in [0.1, 0.15) is 5.60 Å². The summed E-state index contributed by atoms with van der Waals surface area (Å²) in [7, 11) is 0. The van der Waals surface area contributed by atoms with Gasteiger partial charge in [0.05, 0.1) is 12.7 Å². The predicted molar refractivity (Wildman–Crippen MR) is 79.0 cm³/mol. The van der Waals surface area contributed by atoms with E-state index in [1.807, 2.05) is 0 Å². The van der Waals surface area contributed by atoms with E-state index in [9.17, 15) is 9.90 Å². The van der Waals surface area contributed by atoms with Gasteiger partial charge in [-0.1, -0.05) is 13.8 Å². The molecule has 0 radical (unpaired) electrons. The summed E-state index contributed by atoms with van der Waals surface area (Å²) in [5.41, 5.74) is -0.144. The number of fused-ring (bicyclic) bond motifs is 4. The fourth-order valence-corrected chi connectivity index (χ4v) is 7.00. The zero-order valence-corrected chi connectivity index (χ0v) is 13.5. The first-order chi connectivity index (χ1) is 10.4. The van der Waals surface area contributed by atoms with E-state index < -0.39 is 0 Å². The summed E-state index contributed by atoms with van der Waals surface area (Å²) >= 11 is 0.